The predicted molar refractivity (Wildman–Crippen MR) is 66.5 cm³/mol. The summed E-state index contributed by atoms with van der Waals surface area (Å²) in [5.74, 6) is -1.07. The van der Waals surface area contributed by atoms with Gasteiger partial charge in [0, 0.05) is 5.02 Å². The number of halogens is 1. The summed E-state index contributed by atoms with van der Waals surface area (Å²) in [5.41, 5.74) is 1.12. The first-order chi connectivity index (χ1) is 8.09. The maximum atomic E-state index is 10.4. The maximum absolute atomic E-state index is 10.4. The highest BCUT2D eigenvalue weighted by molar-refractivity contribution is 6.34. The molecule has 0 atom stereocenters. The van der Waals surface area contributed by atoms with E-state index in [1.54, 1.807) is 0 Å². The van der Waals surface area contributed by atoms with Crippen LogP contribution in [-0.2, 0) is 16.1 Å². The van der Waals surface area contributed by atoms with Gasteiger partial charge in [-0.15, -0.1) is 0 Å². The molecule has 17 heavy (non-hydrogen) atoms. The van der Waals surface area contributed by atoms with Crippen molar-refractivity contribution in [1.82, 2.24) is 0 Å². The first-order valence-corrected chi connectivity index (χ1v) is 5.61. The van der Waals surface area contributed by atoms with Crippen molar-refractivity contribution in [2.75, 3.05) is 6.61 Å². The Morgan fingerprint density at radius 3 is 2.65 bits per heavy atom. The van der Waals surface area contributed by atoms with E-state index in [0.29, 0.717) is 11.6 Å². The van der Waals surface area contributed by atoms with Crippen molar-refractivity contribution in [3.63, 3.8) is 0 Å². The number of oxime groups is 1. The molecule has 0 amide bonds. The number of rotatable bonds is 6. The topological polar surface area (TPSA) is 58.9 Å². The molecule has 0 fully saturated rings. The van der Waals surface area contributed by atoms with Crippen LogP contribution in [-0.4, -0.2) is 23.4 Å². The van der Waals surface area contributed by atoms with Crippen molar-refractivity contribution >= 4 is 23.3 Å². The van der Waals surface area contributed by atoms with Gasteiger partial charge >= 0.3 is 5.97 Å². The molecule has 0 aliphatic carbocycles. The van der Waals surface area contributed by atoms with Gasteiger partial charge in [0.25, 0.3) is 0 Å². The van der Waals surface area contributed by atoms with E-state index in [0.717, 1.165) is 18.4 Å². The molecule has 0 bridgehead atoms. The van der Waals surface area contributed by atoms with Gasteiger partial charge in [-0.3, -0.25) is 0 Å². The van der Waals surface area contributed by atoms with Gasteiger partial charge < -0.3 is 9.94 Å². The van der Waals surface area contributed by atoms with Gasteiger partial charge in [-0.25, -0.2) is 4.79 Å². The first kappa shape index (κ1) is 13.5. The zero-order chi connectivity index (χ0) is 12.7. The van der Waals surface area contributed by atoms with Crippen molar-refractivity contribution in [3.8, 4) is 0 Å². The molecule has 0 aliphatic heterocycles. The molecule has 0 saturated heterocycles. The van der Waals surface area contributed by atoms with Crippen LogP contribution >= 0.6 is 11.6 Å². The lowest BCUT2D eigenvalue weighted by Crippen LogP contribution is -2.08. The molecule has 0 heterocycles. The number of benzene rings is 1. The molecule has 1 N–H and O–H groups in total. The van der Waals surface area contributed by atoms with Crippen molar-refractivity contribution in [2.45, 2.75) is 19.8 Å². The van der Waals surface area contributed by atoms with E-state index in [4.69, 9.17) is 21.5 Å². The summed E-state index contributed by atoms with van der Waals surface area (Å²) in [6.45, 7) is 1.79. The molecule has 1 rings (SSSR count). The third-order valence-electron chi connectivity index (χ3n) is 2.13. The Balaban J connectivity index is 2.23. The van der Waals surface area contributed by atoms with Crippen molar-refractivity contribution in [3.05, 3.63) is 34.9 Å². The highest BCUT2D eigenvalue weighted by Gasteiger charge is 2.01. The van der Waals surface area contributed by atoms with Crippen LogP contribution in [0.15, 0.2) is 29.4 Å². The van der Waals surface area contributed by atoms with Crippen LogP contribution in [0.3, 0.4) is 0 Å². The molecule has 92 valence electrons. The standard InChI is InChI=1S/C12H14ClNO3/c1-9(12(15)16)14-17-8-2-3-10-4-6-11(13)7-5-10/h4-7H,2-3,8H2,1H3,(H,15,16)/b14-9-. The van der Waals surface area contributed by atoms with Gasteiger partial charge in [-0.1, -0.05) is 28.9 Å². The third kappa shape index (κ3) is 5.36. The smallest absolute Gasteiger partial charge is 0.353 e. The van der Waals surface area contributed by atoms with Crippen LogP contribution in [0.5, 0.6) is 0 Å². The number of carboxylic acids is 1. The van der Waals surface area contributed by atoms with Gasteiger partial charge in [0.15, 0.2) is 5.71 Å². The van der Waals surface area contributed by atoms with E-state index < -0.39 is 5.97 Å². The average Bonchev–Trinajstić information content (AvgIpc) is 2.30. The number of hydrogen-bond acceptors (Lipinski definition) is 3. The van der Waals surface area contributed by atoms with Crippen LogP contribution in [0.4, 0.5) is 0 Å². The minimum Gasteiger partial charge on any atom is -0.477 e. The molecule has 5 heteroatoms. The Morgan fingerprint density at radius 2 is 2.06 bits per heavy atom. The lowest BCUT2D eigenvalue weighted by Gasteiger charge is -2.01. The number of nitrogens with zero attached hydrogens (tertiary/aromatic N) is 1. The van der Waals surface area contributed by atoms with Crippen molar-refractivity contribution in [1.29, 1.82) is 0 Å². The van der Waals surface area contributed by atoms with Crippen LogP contribution in [0, 0.1) is 0 Å². The van der Waals surface area contributed by atoms with E-state index in [9.17, 15) is 4.79 Å². The number of carboxylic acid groups (broad SMARTS) is 1. The lowest BCUT2D eigenvalue weighted by atomic mass is 10.1. The van der Waals surface area contributed by atoms with E-state index in [2.05, 4.69) is 5.16 Å². The van der Waals surface area contributed by atoms with Gasteiger partial charge in [0.1, 0.15) is 6.61 Å². The monoisotopic (exact) mass is 255 g/mol. The Kier molecular flexibility index (Phi) is 5.49. The molecule has 0 aliphatic rings. The van der Waals surface area contributed by atoms with Crippen LogP contribution in [0.25, 0.3) is 0 Å². The Hall–Kier alpha value is -1.55. The van der Waals surface area contributed by atoms with E-state index >= 15 is 0 Å². The van der Waals surface area contributed by atoms with E-state index in [-0.39, 0.29) is 5.71 Å². The SMILES string of the molecule is C/C(=N/OCCCc1ccc(Cl)cc1)C(=O)O. The van der Waals surface area contributed by atoms with Crippen LogP contribution in [0.2, 0.25) is 5.02 Å². The minimum absolute atomic E-state index is 0.0449. The third-order valence-corrected chi connectivity index (χ3v) is 2.38. The first-order valence-electron chi connectivity index (χ1n) is 5.24. The van der Waals surface area contributed by atoms with E-state index in [1.165, 1.54) is 6.92 Å². The zero-order valence-corrected chi connectivity index (χ0v) is 10.3. The number of aliphatic carboxylic acids is 1. The Labute approximate surface area is 105 Å². The number of hydrogen-bond donors (Lipinski definition) is 1. The quantitative estimate of drug-likeness (QED) is 0.483. The summed E-state index contributed by atoms with van der Waals surface area (Å²) >= 11 is 5.76. The molecule has 0 radical (unpaired) electrons. The summed E-state index contributed by atoms with van der Waals surface area (Å²) in [4.78, 5) is 15.3. The molecule has 0 spiro atoms. The van der Waals surface area contributed by atoms with E-state index in [1.807, 2.05) is 24.3 Å². The summed E-state index contributed by atoms with van der Waals surface area (Å²) in [7, 11) is 0. The normalized spacial score (nSPS) is 11.3. The summed E-state index contributed by atoms with van der Waals surface area (Å²) in [6.07, 6.45) is 1.62. The second kappa shape index (κ2) is 6.91. The van der Waals surface area contributed by atoms with Crippen LogP contribution in [0.1, 0.15) is 18.9 Å². The molecule has 0 saturated carbocycles. The molecule has 0 aromatic heterocycles. The molecule has 0 unspecified atom stereocenters. The fourth-order valence-corrected chi connectivity index (χ4v) is 1.30. The van der Waals surface area contributed by atoms with Gasteiger partial charge in [-0.05, 0) is 37.5 Å². The number of carbonyl (C=O) groups is 1. The summed E-state index contributed by atoms with van der Waals surface area (Å²) in [6, 6.07) is 7.58. The molecule has 1 aromatic carbocycles. The fourth-order valence-electron chi connectivity index (χ4n) is 1.17. The van der Waals surface area contributed by atoms with Crippen LogP contribution < -0.4 is 0 Å². The predicted octanol–water partition coefficient (Wildman–Crippen LogP) is 2.75. The summed E-state index contributed by atoms with van der Waals surface area (Å²) < 4.78 is 0. The second-order valence-electron chi connectivity index (χ2n) is 3.55. The van der Waals surface area contributed by atoms with Gasteiger partial charge in [-0.2, -0.15) is 0 Å². The molecular formula is C12H14ClNO3. The number of aryl methyl sites for hydroxylation is 1. The van der Waals surface area contributed by atoms with Gasteiger partial charge in [0.2, 0.25) is 0 Å². The molecular weight excluding hydrogens is 242 g/mol. The Morgan fingerprint density at radius 1 is 1.41 bits per heavy atom. The fraction of sp³-hybridized carbons (Fsp3) is 0.333. The minimum atomic E-state index is -1.07. The summed E-state index contributed by atoms with van der Waals surface area (Å²) in [5, 5.41) is 12.7. The molecule has 4 nitrogen and oxygen atoms in total. The Bertz CT molecular complexity index is 401. The largest absolute Gasteiger partial charge is 0.477 e. The highest BCUT2D eigenvalue weighted by Crippen LogP contribution is 2.10. The highest BCUT2D eigenvalue weighted by atomic mass is 35.5. The maximum Gasteiger partial charge on any atom is 0.353 e. The van der Waals surface area contributed by atoms with Crippen molar-refractivity contribution < 1.29 is 14.7 Å². The van der Waals surface area contributed by atoms with Crippen molar-refractivity contribution in [2.24, 2.45) is 5.16 Å². The molecule has 1 aromatic rings. The second-order valence-corrected chi connectivity index (χ2v) is 3.98. The lowest BCUT2D eigenvalue weighted by molar-refractivity contribution is -0.129. The van der Waals surface area contributed by atoms with Gasteiger partial charge in [0.05, 0.1) is 0 Å². The average molecular weight is 256 g/mol. The zero-order valence-electron chi connectivity index (χ0n) is 9.52.